The summed E-state index contributed by atoms with van der Waals surface area (Å²) in [6, 6.07) is 0. The Kier molecular flexibility index (Phi) is 20.3. The van der Waals surface area contributed by atoms with Crippen LogP contribution in [0, 0.1) is 0 Å². The Morgan fingerprint density at radius 3 is 1.22 bits per heavy atom. The van der Waals surface area contributed by atoms with E-state index in [2.05, 4.69) is 13.8 Å². The van der Waals surface area contributed by atoms with Gasteiger partial charge in [0, 0.05) is 12.8 Å². The highest BCUT2D eigenvalue weighted by Crippen LogP contribution is 2.42. The second-order valence-electron chi connectivity index (χ2n) is 11.5. The molecular weight excluding hydrogens is 579 g/mol. The number of amides is 1. The molecule has 0 aromatic carbocycles. The molecule has 1 heterocycles. The Labute approximate surface area is 259 Å². The Balaban J connectivity index is 2.55. The monoisotopic (exact) mass is 633 g/mol. The summed E-state index contributed by atoms with van der Waals surface area (Å²) >= 11 is 5.54. The summed E-state index contributed by atoms with van der Waals surface area (Å²) < 4.78 is 30.6. The smallest absolute Gasteiger partial charge is 0.297 e. The molecule has 0 aliphatic carbocycles. The first-order chi connectivity index (χ1) is 19.6. The normalized spacial score (nSPS) is 15.1. The molecule has 238 valence electrons. The Hall–Kier alpha value is -0.840. The van der Waals surface area contributed by atoms with Gasteiger partial charge in [0.1, 0.15) is 0 Å². The zero-order valence-corrected chi connectivity index (χ0v) is 28.1. The van der Waals surface area contributed by atoms with Gasteiger partial charge in [-0.1, -0.05) is 166 Å². The van der Waals surface area contributed by atoms with Crippen LogP contribution in [0.4, 0.5) is 0 Å². The Morgan fingerprint density at radius 1 is 0.659 bits per heavy atom. The predicted octanol–water partition coefficient (Wildman–Crippen LogP) is 8.93. The number of hydrogen-bond acceptors (Lipinski definition) is 7. The molecule has 1 N–H and O–H groups in total. The minimum Gasteiger partial charge on any atom is -0.297 e. The van der Waals surface area contributed by atoms with E-state index in [9.17, 15) is 27.4 Å². The van der Waals surface area contributed by atoms with E-state index in [-0.39, 0.29) is 17.1 Å². The van der Waals surface area contributed by atoms with E-state index in [0.717, 1.165) is 51.4 Å². The standard InChI is InChI=1S/C31H55NO6S3/c1-3-5-7-9-11-13-15-17-19-21-23-25-27(33)31(29(35)32(30(39)40-31)41(36,37)38)28(34)26-24-22-20-18-16-14-12-10-8-6-4-2/h3-26H2,1-2H3,(H,36,37,38). The van der Waals surface area contributed by atoms with Gasteiger partial charge in [-0.25, -0.2) is 0 Å². The van der Waals surface area contributed by atoms with Crippen molar-refractivity contribution in [3.63, 3.8) is 0 Å². The van der Waals surface area contributed by atoms with Crippen LogP contribution >= 0.6 is 24.0 Å². The average molecular weight is 634 g/mol. The van der Waals surface area contributed by atoms with Crippen molar-refractivity contribution < 1.29 is 27.4 Å². The number of thioether (sulfide) groups is 1. The molecule has 0 atom stereocenters. The fourth-order valence-corrected chi connectivity index (χ4v) is 8.17. The SMILES string of the molecule is CCCCCCCCCCCCCC(=O)C1(C(=O)CCCCCCCCCCCCC)SC(=S)N(S(=O)(=O)O)C1=O. The van der Waals surface area contributed by atoms with Crippen molar-refractivity contribution in [2.24, 2.45) is 0 Å². The molecule has 0 spiro atoms. The summed E-state index contributed by atoms with van der Waals surface area (Å²) in [6.45, 7) is 4.42. The molecule has 1 aliphatic heterocycles. The molecule has 1 amide bonds. The first-order valence-electron chi connectivity index (χ1n) is 16.2. The van der Waals surface area contributed by atoms with Gasteiger partial charge in [0.05, 0.1) is 0 Å². The Morgan fingerprint density at radius 2 is 0.951 bits per heavy atom. The highest BCUT2D eigenvalue weighted by atomic mass is 32.2. The molecule has 1 saturated heterocycles. The van der Waals surface area contributed by atoms with E-state index in [4.69, 9.17) is 12.2 Å². The van der Waals surface area contributed by atoms with Crippen LogP contribution in [0.1, 0.15) is 168 Å². The molecule has 0 radical (unpaired) electrons. The minimum atomic E-state index is -5.01. The first-order valence-corrected chi connectivity index (χ1v) is 18.9. The van der Waals surface area contributed by atoms with Gasteiger partial charge in [0.25, 0.3) is 5.91 Å². The minimum absolute atomic E-state index is 0.00167. The summed E-state index contributed by atoms with van der Waals surface area (Å²) in [5, 5.41) is 0. The van der Waals surface area contributed by atoms with Crippen LogP contribution in [0.3, 0.4) is 0 Å². The predicted molar refractivity (Wildman–Crippen MR) is 173 cm³/mol. The van der Waals surface area contributed by atoms with Gasteiger partial charge in [-0.2, -0.15) is 12.7 Å². The number of carbonyl (C=O) groups is 3. The molecule has 0 bridgehead atoms. The van der Waals surface area contributed by atoms with Crippen molar-refractivity contribution in [2.45, 2.75) is 173 Å². The van der Waals surface area contributed by atoms with Crippen LogP contribution in [0.5, 0.6) is 0 Å². The second-order valence-corrected chi connectivity index (χ2v) is 14.6. The van der Waals surface area contributed by atoms with Gasteiger partial charge in [-0.3, -0.25) is 18.9 Å². The molecule has 10 heteroatoms. The van der Waals surface area contributed by atoms with Crippen LogP contribution in [-0.4, -0.2) is 43.8 Å². The number of nitrogens with zero attached hydrogens (tertiary/aromatic N) is 1. The third-order valence-electron chi connectivity index (χ3n) is 7.92. The highest BCUT2D eigenvalue weighted by Gasteiger charge is 2.62. The summed E-state index contributed by atoms with van der Waals surface area (Å²) in [5.41, 5.74) is 0. The maximum Gasteiger partial charge on any atom is 0.367 e. The van der Waals surface area contributed by atoms with Crippen LogP contribution < -0.4 is 0 Å². The van der Waals surface area contributed by atoms with Crippen LogP contribution in [-0.2, 0) is 24.7 Å². The van der Waals surface area contributed by atoms with Gasteiger partial charge in [0.2, 0.25) is 4.75 Å². The molecule has 41 heavy (non-hydrogen) atoms. The molecule has 1 rings (SSSR count). The van der Waals surface area contributed by atoms with Crippen LogP contribution in [0.15, 0.2) is 0 Å². The zero-order valence-electron chi connectivity index (χ0n) is 25.6. The molecule has 0 aromatic heterocycles. The van der Waals surface area contributed by atoms with Crippen molar-refractivity contribution in [3.05, 3.63) is 0 Å². The number of carbonyl (C=O) groups excluding carboxylic acids is 3. The maximum absolute atomic E-state index is 13.4. The van der Waals surface area contributed by atoms with E-state index in [1.807, 2.05) is 0 Å². The van der Waals surface area contributed by atoms with Gasteiger partial charge in [-0.05, 0) is 12.8 Å². The molecule has 0 aromatic rings. The van der Waals surface area contributed by atoms with Crippen LogP contribution in [0.2, 0.25) is 0 Å². The van der Waals surface area contributed by atoms with Crippen molar-refractivity contribution in [1.82, 2.24) is 4.31 Å². The lowest BCUT2D eigenvalue weighted by Gasteiger charge is -2.22. The molecule has 1 fully saturated rings. The van der Waals surface area contributed by atoms with E-state index in [0.29, 0.717) is 24.6 Å². The molecule has 1 aliphatic rings. The lowest BCUT2D eigenvalue weighted by molar-refractivity contribution is -0.139. The van der Waals surface area contributed by atoms with Crippen LogP contribution in [0.25, 0.3) is 0 Å². The molecule has 0 unspecified atom stereocenters. The van der Waals surface area contributed by atoms with Crippen molar-refractivity contribution >= 4 is 56.1 Å². The van der Waals surface area contributed by atoms with Gasteiger partial charge in [-0.15, -0.1) is 0 Å². The summed E-state index contributed by atoms with van der Waals surface area (Å²) in [5.74, 6) is -2.45. The van der Waals surface area contributed by atoms with E-state index >= 15 is 0 Å². The summed E-state index contributed by atoms with van der Waals surface area (Å²) in [6.07, 6.45) is 24.3. The van der Waals surface area contributed by atoms with E-state index in [1.54, 1.807) is 0 Å². The lowest BCUT2D eigenvalue weighted by atomic mass is 9.89. The number of rotatable bonds is 27. The summed E-state index contributed by atoms with van der Waals surface area (Å²) in [4.78, 5) is 40.0. The van der Waals surface area contributed by atoms with Crippen molar-refractivity contribution in [3.8, 4) is 0 Å². The average Bonchev–Trinajstić information content (AvgIpc) is 3.21. The fourth-order valence-electron chi connectivity index (χ4n) is 5.40. The lowest BCUT2D eigenvalue weighted by Crippen LogP contribution is -2.52. The largest absolute Gasteiger partial charge is 0.367 e. The van der Waals surface area contributed by atoms with Crippen molar-refractivity contribution in [2.75, 3.05) is 0 Å². The van der Waals surface area contributed by atoms with Gasteiger partial charge in [0.15, 0.2) is 15.9 Å². The molecular formula is C31H55NO6S3. The summed E-state index contributed by atoms with van der Waals surface area (Å²) in [7, 11) is -5.01. The number of thiocarbonyl (C=S) groups is 1. The quantitative estimate of drug-likeness (QED) is 0.0413. The third kappa shape index (κ3) is 14.0. The Bertz CT molecular complexity index is 868. The topological polar surface area (TPSA) is 109 Å². The van der Waals surface area contributed by atoms with Gasteiger partial charge < -0.3 is 0 Å². The third-order valence-corrected chi connectivity index (χ3v) is 10.7. The molecule has 7 nitrogen and oxygen atoms in total. The fraction of sp³-hybridized carbons (Fsp3) is 0.871. The van der Waals surface area contributed by atoms with E-state index < -0.39 is 36.8 Å². The number of hydrogen-bond donors (Lipinski definition) is 1. The number of Topliss-reactive ketones (excluding diaryl/α,β-unsaturated/α-hetero) is 2. The molecule has 0 saturated carbocycles. The second kappa shape index (κ2) is 21.8. The highest BCUT2D eigenvalue weighted by molar-refractivity contribution is 8.26. The van der Waals surface area contributed by atoms with Gasteiger partial charge >= 0.3 is 10.3 Å². The van der Waals surface area contributed by atoms with E-state index in [1.165, 1.54) is 77.0 Å². The maximum atomic E-state index is 13.4. The van der Waals surface area contributed by atoms with Crippen molar-refractivity contribution in [1.29, 1.82) is 0 Å². The first kappa shape index (κ1) is 38.2. The number of ketones is 2. The zero-order chi connectivity index (χ0) is 30.6. The number of unbranched alkanes of at least 4 members (excludes halogenated alkanes) is 20.